The molecule has 4 nitrogen and oxygen atoms in total. The summed E-state index contributed by atoms with van der Waals surface area (Å²) in [6.45, 7) is 8.48. The highest BCUT2D eigenvalue weighted by molar-refractivity contribution is 5.29. The summed E-state index contributed by atoms with van der Waals surface area (Å²) in [6, 6.07) is 0.227. The van der Waals surface area contributed by atoms with Crippen LogP contribution in [0.2, 0.25) is 0 Å². The fourth-order valence-electron chi connectivity index (χ4n) is 2.44. The molecule has 0 aliphatic heterocycles. The zero-order valence-corrected chi connectivity index (χ0v) is 11.3. The standard InChI is InChI=1S/C13H22N2O2/c1-8(2)15-11(10(17-5)7-14-15)12(16)9-6-13(9,3)4/h7-9,12,16H,6H2,1-5H3. The molecule has 0 radical (unpaired) electrons. The molecule has 2 unspecified atom stereocenters. The number of hydrogen-bond acceptors (Lipinski definition) is 3. The molecule has 1 aliphatic carbocycles. The average molecular weight is 238 g/mol. The van der Waals surface area contributed by atoms with E-state index in [9.17, 15) is 5.11 Å². The van der Waals surface area contributed by atoms with Crippen LogP contribution in [-0.2, 0) is 0 Å². The molecule has 2 rings (SSSR count). The minimum atomic E-state index is -0.482. The van der Waals surface area contributed by atoms with Crippen molar-refractivity contribution in [3.8, 4) is 5.75 Å². The third-order valence-corrected chi connectivity index (χ3v) is 3.76. The van der Waals surface area contributed by atoms with Crippen LogP contribution in [0.15, 0.2) is 6.20 Å². The van der Waals surface area contributed by atoms with Gasteiger partial charge in [0.25, 0.3) is 0 Å². The van der Waals surface area contributed by atoms with Gasteiger partial charge in [-0.25, -0.2) is 0 Å². The van der Waals surface area contributed by atoms with Crippen LogP contribution in [0.3, 0.4) is 0 Å². The van der Waals surface area contributed by atoms with Crippen LogP contribution in [0, 0.1) is 11.3 Å². The predicted octanol–water partition coefficient (Wildman–Crippen LogP) is 2.55. The lowest BCUT2D eigenvalue weighted by Crippen LogP contribution is -2.15. The molecule has 0 saturated heterocycles. The highest BCUT2D eigenvalue weighted by atomic mass is 16.5. The maximum absolute atomic E-state index is 10.5. The van der Waals surface area contributed by atoms with Gasteiger partial charge < -0.3 is 9.84 Å². The number of ether oxygens (including phenoxy) is 1. The smallest absolute Gasteiger partial charge is 0.162 e. The molecular formula is C13H22N2O2. The first-order valence-corrected chi connectivity index (χ1v) is 6.18. The lowest BCUT2D eigenvalue weighted by Gasteiger charge is -2.18. The molecule has 0 bridgehead atoms. The van der Waals surface area contributed by atoms with Crippen LogP contribution in [0.4, 0.5) is 0 Å². The second-order valence-electron chi connectivity index (χ2n) is 5.88. The monoisotopic (exact) mass is 238 g/mol. The molecule has 1 aliphatic rings. The number of rotatable bonds is 4. The molecule has 1 saturated carbocycles. The Balaban J connectivity index is 2.33. The van der Waals surface area contributed by atoms with Gasteiger partial charge in [-0.2, -0.15) is 5.10 Å². The third-order valence-electron chi connectivity index (χ3n) is 3.76. The summed E-state index contributed by atoms with van der Waals surface area (Å²) in [4.78, 5) is 0. The number of hydrogen-bond donors (Lipinski definition) is 1. The summed E-state index contributed by atoms with van der Waals surface area (Å²) in [7, 11) is 1.62. The number of aliphatic hydroxyl groups excluding tert-OH is 1. The van der Waals surface area contributed by atoms with Gasteiger partial charge in [0.15, 0.2) is 5.75 Å². The first-order valence-electron chi connectivity index (χ1n) is 6.18. The maximum atomic E-state index is 10.5. The summed E-state index contributed by atoms with van der Waals surface area (Å²) in [6.07, 6.45) is 2.26. The summed E-state index contributed by atoms with van der Waals surface area (Å²) in [5, 5.41) is 14.8. The normalized spacial score (nSPS) is 23.8. The lowest BCUT2D eigenvalue weighted by molar-refractivity contribution is 0.123. The van der Waals surface area contributed by atoms with Crippen LogP contribution in [0.1, 0.15) is 52.0 Å². The van der Waals surface area contributed by atoms with E-state index in [1.54, 1.807) is 13.3 Å². The summed E-state index contributed by atoms with van der Waals surface area (Å²) < 4.78 is 7.16. The van der Waals surface area contributed by atoms with Crippen molar-refractivity contribution in [1.29, 1.82) is 0 Å². The Morgan fingerprint density at radius 3 is 2.53 bits per heavy atom. The van der Waals surface area contributed by atoms with Crippen molar-refractivity contribution in [3.63, 3.8) is 0 Å². The van der Waals surface area contributed by atoms with Gasteiger partial charge in [-0.1, -0.05) is 13.8 Å². The SMILES string of the molecule is COc1cnn(C(C)C)c1C(O)C1CC1(C)C. The van der Waals surface area contributed by atoms with E-state index in [1.807, 2.05) is 4.68 Å². The Bertz CT molecular complexity index is 410. The van der Waals surface area contributed by atoms with Crippen LogP contribution >= 0.6 is 0 Å². The van der Waals surface area contributed by atoms with E-state index in [4.69, 9.17) is 4.74 Å². The van der Waals surface area contributed by atoms with Gasteiger partial charge >= 0.3 is 0 Å². The fraction of sp³-hybridized carbons (Fsp3) is 0.769. The zero-order chi connectivity index (χ0) is 12.8. The quantitative estimate of drug-likeness (QED) is 0.877. The molecule has 1 heterocycles. The Kier molecular flexibility index (Phi) is 2.94. The molecule has 2 atom stereocenters. The maximum Gasteiger partial charge on any atom is 0.162 e. The first kappa shape index (κ1) is 12.4. The number of nitrogens with zero attached hydrogens (tertiary/aromatic N) is 2. The van der Waals surface area contributed by atoms with Crippen LogP contribution < -0.4 is 4.74 Å². The predicted molar refractivity (Wildman–Crippen MR) is 66.0 cm³/mol. The molecule has 1 aromatic rings. The molecule has 1 N–H and O–H groups in total. The topological polar surface area (TPSA) is 47.3 Å². The van der Waals surface area contributed by atoms with Crippen molar-refractivity contribution >= 4 is 0 Å². The van der Waals surface area contributed by atoms with E-state index in [2.05, 4.69) is 32.8 Å². The van der Waals surface area contributed by atoms with E-state index in [1.165, 1.54) is 0 Å². The van der Waals surface area contributed by atoms with Crippen molar-refractivity contribution in [2.75, 3.05) is 7.11 Å². The lowest BCUT2D eigenvalue weighted by atomic mass is 10.0. The van der Waals surface area contributed by atoms with E-state index in [0.717, 1.165) is 12.1 Å². The molecule has 0 aromatic carbocycles. The zero-order valence-electron chi connectivity index (χ0n) is 11.3. The van der Waals surface area contributed by atoms with Crippen molar-refractivity contribution in [2.45, 2.75) is 46.3 Å². The Labute approximate surface area is 103 Å². The van der Waals surface area contributed by atoms with Crippen LogP contribution in [-0.4, -0.2) is 22.0 Å². The number of aromatic nitrogens is 2. The third kappa shape index (κ3) is 2.06. The molecule has 17 heavy (non-hydrogen) atoms. The fourth-order valence-corrected chi connectivity index (χ4v) is 2.44. The minimum absolute atomic E-state index is 0.227. The average Bonchev–Trinajstić information content (AvgIpc) is 2.74. The van der Waals surface area contributed by atoms with Crippen LogP contribution in [0.25, 0.3) is 0 Å². The van der Waals surface area contributed by atoms with E-state index >= 15 is 0 Å². The van der Waals surface area contributed by atoms with Gasteiger partial charge in [0.2, 0.25) is 0 Å². The van der Waals surface area contributed by atoms with Gasteiger partial charge in [-0.05, 0) is 31.6 Å². The number of methoxy groups -OCH3 is 1. The Hall–Kier alpha value is -1.03. The minimum Gasteiger partial charge on any atom is -0.493 e. The molecule has 1 fully saturated rings. The Morgan fingerprint density at radius 1 is 1.53 bits per heavy atom. The summed E-state index contributed by atoms with van der Waals surface area (Å²) in [5.74, 6) is 1.000. The summed E-state index contributed by atoms with van der Waals surface area (Å²) >= 11 is 0. The molecule has 0 spiro atoms. The van der Waals surface area contributed by atoms with Crippen molar-refractivity contribution in [1.82, 2.24) is 9.78 Å². The van der Waals surface area contributed by atoms with Gasteiger partial charge in [-0.3, -0.25) is 4.68 Å². The number of aliphatic hydroxyl groups is 1. The molecule has 1 aromatic heterocycles. The second kappa shape index (κ2) is 4.02. The highest BCUT2D eigenvalue weighted by Gasteiger charge is 2.51. The van der Waals surface area contributed by atoms with Gasteiger partial charge in [-0.15, -0.1) is 0 Å². The molecular weight excluding hydrogens is 216 g/mol. The molecule has 0 amide bonds. The van der Waals surface area contributed by atoms with Crippen molar-refractivity contribution in [2.24, 2.45) is 11.3 Å². The largest absolute Gasteiger partial charge is 0.493 e. The highest BCUT2D eigenvalue weighted by Crippen LogP contribution is 2.58. The van der Waals surface area contributed by atoms with Crippen molar-refractivity contribution < 1.29 is 9.84 Å². The van der Waals surface area contributed by atoms with Gasteiger partial charge in [0.1, 0.15) is 11.8 Å². The summed E-state index contributed by atoms with van der Waals surface area (Å²) in [5.41, 5.74) is 1.05. The van der Waals surface area contributed by atoms with E-state index in [0.29, 0.717) is 11.7 Å². The Morgan fingerprint density at radius 2 is 2.12 bits per heavy atom. The van der Waals surface area contributed by atoms with Gasteiger partial charge in [0.05, 0.1) is 13.3 Å². The van der Waals surface area contributed by atoms with Crippen molar-refractivity contribution in [3.05, 3.63) is 11.9 Å². The van der Waals surface area contributed by atoms with Crippen LogP contribution in [0.5, 0.6) is 5.75 Å². The molecule has 4 heteroatoms. The first-order chi connectivity index (χ1) is 7.88. The van der Waals surface area contributed by atoms with E-state index < -0.39 is 6.10 Å². The van der Waals surface area contributed by atoms with Gasteiger partial charge in [0, 0.05) is 6.04 Å². The molecule has 96 valence electrons. The van der Waals surface area contributed by atoms with E-state index in [-0.39, 0.29) is 11.5 Å². The second-order valence-corrected chi connectivity index (χ2v) is 5.88.